The van der Waals surface area contributed by atoms with Gasteiger partial charge >= 0.3 is 5.97 Å². The normalized spacial score (nSPS) is 20.8. The lowest BCUT2D eigenvalue weighted by Crippen LogP contribution is -2.42. The van der Waals surface area contributed by atoms with Crippen LogP contribution in [0.1, 0.15) is 43.1 Å². The Labute approximate surface area is 133 Å². The molecule has 0 saturated heterocycles. The lowest BCUT2D eigenvalue weighted by Gasteiger charge is -2.29. The van der Waals surface area contributed by atoms with Crippen LogP contribution in [0.3, 0.4) is 0 Å². The van der Waals surface area contributed by atoms with Gasteiger partial charge in [0.05, 0.1) is 11.1 Å². The first-order chi connectivity index (χ1) is 10.9. The third-order valence-electron chi connectivity index (χ3n) is 4.20. The second-order valence-electron chi connectivity index (χ2n) is 5.96. The molecule has 8 heteroatoms. The van der Waals surface area contributed by atoms with Gasteiger partial charge in [-0.25, -0.2) is 4.79 Å². The molecular weight excluding hydrogens is 302 g/mol. The Kier molecular flexibility index (Phi) is 5.36. The number of carbonyl (C=O) groups excluding carboxylic acids is 2. The summed E-state index contributed by atoms with van der Waals surface area (Å²) in [6.45, 7) is 1.71. The van der Waals surface area contributed by atoms with Crippen molar-refractivity contribution in [3.05, 3.63) is 28.1 Å². The number of amides is 1. The molecule has 2 rings (SSSR count). The predicted octanol–water partition coefficient (Wildman–Crippen LogP) is 1.78. The molecule has 1 heterocycles. The van der Waals surface area contributed by atoms with Gasteiger partial charge in [-0.3, -0.25) is 14.9 Å². The molecule has 0 aromatic carbocycles. The number of nitrogens with zero attached hydrogens (tertiary/aromatic N) is 2. The van der Waals surface area contributed by atoms with E-state index in [1.165, 1.54) is 24.2 Å². The van der Waals surface area contributed by atoms with E-state index in [2.05, 4.69) is 12.2 Å². The highest BCUT2D eigenvalue weighted by Crippen LogP contribution is 2.23. The molecule has 0 bridgehead atoms. The van der Waals surface area contributed by atoms with Gasteiger partial charge in [0.15, 0.2) is 6.61 Å². The summed E-state index contributed by atoms with van der Waals surface area (Å²) in [5, 5.41) is 13.6. The van der Waals surface area contributed by atoms with E-state index in [-0.39, 0.29) is 29.9 Å². The maximum absolute atomic E-state index is 11.9. The fourth-order valence-electron chi connectivity index (χ4n) is 2.83. The van der Waals surface area contributed by atoms with Crippen molar-refractivity contribution in [1.82, 2.24) is 9.88 Å². The molecule has 1 saturated carbocycles. The minimum absolute atomic E-state index is 0.0375. The van der Waals surface area contributed by atoms with Gasteiger partial charge in [0, 0.05) is 19.2 Å². The lowest BCUT2D eigenvalue weighted by molar-refractivity contribution is -0.384. The zero-order chi connectivity index (χ0) is 17.0. The van der Waals surface area contributed by atoms with Crippen molar-refractivity contribution in [3.63, 3.8) is 0 Å². The summed E-state index contributed by atoms with van der Waals surface area (Å²) in [6.07, 6.45) is 5.50. The summed E-state index contributed by atoms with van der Waals surface area (Å²) in [5.41, 5.74) is -0.157. The smallest absolute Gasteiger partial charge is 0.355 e. The highest BCUT2D eigenvalue weighted by atomic mass is 16.6. The number of hydrogen-bond donors (Lipinski definition) is 1. The first-order valence-corrected chi connectivity index (χ1v) is 7.65. The summed E-state index contributed by atoms with van der Waals surface area (Å²) >= 11 is 0. The molecule has 0 aliphatic heterocycles. The van der Waals surface area contributed by atoms with E-state index in [1.54, 1.807) is 0 Å². The number of aryl methyl sites for hydroxylation is 1. The Bertz CT molecular complexity index is 610. The Morgan fingerprint density at radius 2 is 2.13 bits per heavy atom. The van der Waals surface area contributed by atoms with E-state index in [9.17, 15) is 19.7 Å². The van der Waals surface area contributed by atoms with E-state index in [0.717, 1.165) is 25.3 Å². The SMILES string of the molecule is C[C@H]1CCCC[C@H]1NC(=O)COC(=O)c1cc([N+](=O)[O-])cn1C. The van der Waals surface area contributed by atoms with Gasteiger partial charge < -0.3 is 14.6 Å². The second kappa shape index (κ2) is 7.26. The average molecular weight is 323 g/mol. The minimum atomic E-state index is -0.757. The van der Waals surface area contributed by atoms with Crippen LogP contribution in [0.15, 0.2) is 12.3 Å². The maximum Gasteiger partial charge on any atom is 0.355 e. The Morgan fingerprint density at radius 1 is 1.43 bits per heavy atom. The zero-order valence-corrected chi connectivity index (χ0v) is 13.3. The highest BCUT2D eigenvalue weighted by Gasteiger charge is 2.24. The molecule has 1 aliphatic rings. The number of rotatable bonds is 5. The van der Waals surface area contributed by atoms with Gasteiger partial charge in [0.25, 0.3) is 11.6 Å². The van der Waals surface area contributed by atoms with E-state index in [0.29, 0.717) is 5.92 Å². The van der Waals surface area contributed by atoms with E-state index < -0.39 is 10.9 Å². The van der Waals surface area contributed by atoms with Crippen LogP contribution in [0.25, 0.3) is 0 Å². The van der Waals surface area contributed by atoms with Gasteiger partial charge in [0.1, 0.15) is 5.69 Å². The number of carbonyl (C=O) groups is 2. The van der Waals surface area contributed by atoms with Crippen LogP contribution in [-0.2, 0) is 16.6 Å². The maximum atomic E-state index is 11.9. The van der Waals surface area contributed by atoms with Crippen LogP contribution in [-0.4, -0.2) is 34.0 Å². The summed E-state index contributed by atoms with van der Waals surface area (Å²) in [7, 11) is 1.51. The molecule has 1 fully saturated rings. The molecule has 0 spiro atoms. The first kappa shape index (κ1) is 17.0. The van der Waals surface area contributed by atoms with Crippen molar-refractivity contribution < 1.29 is 19.2 Å². The van der Waals surface area contributed by atoms with Crippen LogP contribution in [0.4, 0.5) is 5.69 Å². The predicted molar refractivity (Wildman–Crippen MR) is 81.9 cm³/mol. The molecule has 1 N–H and O–H groups in total. The molecule has 23 heavy (non-hydrogen) atoms. The van der Waals surface area contributed by atoms with Crippen LogP contribution >= 0.6 is 0 Å². The van der Waals surface area contributed by atoms with Crippen LogP contribution in [0.5, 0.6) is 0 Å². The Morgan fingerprint density at radius 3 is 2.74 bits per heavy atom. The van der Waals surface area contributed by atoms with Crippen molar-refractivity contribution in [1.29, 1.82) is 0 Å². The van der Waals surface area contributed by atoms with Crippen molar-refractivity contribution in [2.45, 2.75) is 38.6 Å². The van der Waals surface area contributed by atoms with E-state index in [1.807, 2.05) is 0 Å². The standard InChI is InChI=1S/C15H21N3O5/c1-10-5-3-4-6-12(10)16-14(19)9-23-15(20)13-7-11(18(21)22)8-17(13)2/h7-8,10,12H,3-6,9H2,1-2H3,(H,16,19)/t10-,12+/m0/s1. The summed E-state index contributed by atoms with van der Waals surface area (Å²) < 4.78 is 6.25. The highest BCUT2D eigenvalue weighted by molar-refractivity contribution is 5.90. The molecule has 1 aromatic rings. The molecule has 0 radical (unpaired) electrons. The number of aromatic nitrogens is 1. The number of nitro groups is 1. The Hall–Kier alpha value is -2.38. The van der Waals surface area contributed by atoms with Crippen molar-refractivity contribution in [2.24, 2.45) is 13.0 Å². The monoisotopic (exact) mass is 323 g/mol. The van der Waals surface area contributed by atoms with Crippen LogP contribution in [0, 0.1) is 16.0 Å². The van der Waals surface area contributed by atoms with Gasteiger partial charge in [-0.05, 0) is 18.8 Å². The van der Waals surface area contributed by atoms with Crippen molar-refractivity contribution in [2.75, 3.05) is 6.61 Å². The van der Waals surface area contributed by atoms with Gasteiger partial charge in [-0.2, -0.15) is 0 Å². The van der Waals surface area contributed by atoms with Crippen LogP contribution in [0.2, 0.25) is 0 Å². The van der Waals surface area contributed by atoms with E-state index in [4.69, 9.17) is 4.74 Å². The quantitative estimate of drug-likeness (QED) is 0.505. The largest absolute Gasteiger partial charge is 0.451 e. The minimum Gasteiger partial charge on any atom is -0.451 e. The number of esters is 1. The van der Waals surface area contributed by atoms with Crippen molar-refractivity contribution >= 4 is 17.6 Å². The fraction of sp³-hybridized carbons (Fsp3) is 0.600. The molecule has 2 atom stereocenters. The molecule has 1 aromatic heterocycles. The van der Waals surface area contributed by atoms with Gasteiger partial charge in [0.2, 0.25) is 0 Å². The average Bonchev–Trinajstić information content (AvgIpc) is 2.89. The molecular formula is C15H21N3O5. The van der Waals surface area contributed by atoms with Gasteiger partial charge in [-0.15, -0.1) is 0 Å². The summed E-state index contributed by atoms with van der Waals surface area (Å²) in [5.74, 6) is -0.688. The third-order valence-corrected chi connectivity index (χ3v) is 4.20. The number of nitrogens with one attached hydrogen (secondary N) is 1. The first-order valence-electron chi connectivity index (χ1n) is 7.65. The van der Waals surface area contributed by atoms with Crippen molar-refractivity contribution in [3.8, 4) is 0 Å². The topological polar surface area (TPSA) is 103 Å². The molecule has 126 valence electrons. The number of hydrogen-bond acceptors (Lipinski definition) is 5. The third kappa shape index (κ3) is 4.30. The zero-order valence-electron chi connectivity index (χ0n) is 13.3. The molecule has 8 nitrogen and oxygen atoms in total. The van der Waals surface area contributed by atoms with Gasteiger partial charge in [-0.1, -0.05) is 19.8 Å². The Balaban J connectivity index is 1.86. The summed E-state index contributed by atoms with van der Waals surface area (Å²) in [6, 6.07) is 1.25. The molecule has 1 aliphatic carbocycles. The number of ether oxygens (including phenoxy) is 1. The molecule has 0 unspecified atom stereocenters. The second-order valence-corrected chi connectivity index (χ2v) is 5.96. The molecule has 1 amide bonds. The van der Waals surface area contributed by atoms with E-state index >= 15 is 0 Å². The fourth-order valence-corrected chi connectivity index (χ4v) is 2.83. The lowest BCUT2D eigenvalue weighted by atomic mass is 9.86. The summed E-state index contributed by atoms with van der Waals surface area (Å²) in [4.78, 5) is 33.9. The van der Waals surface area contributed by atoms with Crippen LogP contribution < -0.4 is 5.32 Å².